The minimum Gasteiger partial charge on any atom is -0.311 e. The maximum atomic E-state index is 4.99. The van der Waals surface area contributed by atoms with Crippen LogP contribution in [0, 0.1) is 0 Å². The third-order valence-electron chi connectivity index (χ3n) is 4.65. The van der Waals surface area contributed by atoms with Gasteiger partial charge in [-0.05, 0) is 30.4 Å². The van der Waals surface area contributed by atoms with E-state index in [0.717, 1.165) is 19.5 Å². The normalized spacial score (nSPS) is 18.0. The van der Waals surface area contributed by atoms with Crippen molar-refractivity contribution in [2.45, 2.75) is 51.5 Å². The van der Waals surface area contributed by atoms with Crippen molar-refractivity contribution in [3.05, 3.63) is 47.0 Å². The molecule has 1 saturated carbocycles. The van der Waals surface area contributed by atoms with E-state index in [1.807, 2.05) is 0 Å². The number of fused-ring (bicyclic) bond motifs is 1. The molecule has 1 N–H and O–H groups in total. The van der Waals surface area contributed by atoms with Crippen molar-refractivity contribution in [3.63, 3.8) is 0 Å². The summed E-state index contributed by atoms with van der Waals surface area (Å²) in [6.45, 7) is 6.54. The van der Waals surface area contributed by atoms with Crippen molar-refractivity contribution >= 4 is 0 Å². The Morgan fingerprint density at radius 1 is 1.24 bits per heavy atom. The lowest BCUT2D eigenvalue weighted by molar-refractivity contribution is 0.619. The molecule has 110 valence electrons. The summed E-state index contributed by atoms with van der Waals surface area (Å²) >= 11 is 0. The van der Waals surface area contributed by atoms with E-state index in [1.54, 1.807) is 0 Å². The average molecular weight is 281 g/mol. The molecule has 3 nitrogen and oxygen atoms in total. The lowest BCUT2D eigenvalue weighted by Gasteiger charge is -2.20. The second-order valence-electron chi connectivity index (χ2n) is 6.61. The Labute approximate surface area is 126 Å². The first-order valence-electron chi connectivity index (χ1n) is 8.16. The van der Waals surface area contributed by atoms with Crippen LogP contribution in [0.15, 0.2) is 24.3 Å². The van der Waals surface area contributed by atoms with E-state index in [2.05, 4.69) is 48.0 Å². The molecule has 1 aromatic carbocycles. The van der Waals surface area contributed by atoms with Crippen LogP contribution in [0.2, 0.25) is 0 Å². The van der Waals surface area contributed by atoms with Crippen LogP contribution >= 0.6 is 0 Å². The Balaban J connectivity index is 1.93. The highest BCUT2D eigenvalue weighted by Crippen LogP contribution is 2.42. The molecule has 1 aliphatic heterocycles. The van der Waals surface area contributed by atoms with Crippen LogP contribution in [-0.2, 0) is 13.0 Å². The summed E-state index contributed by atoms with van der Waals surface area (Å²) in [5, 5.41) is 3.45. The zero-order valence-electron chi connectivity index (χ0n) is 12.9. The first kappa shape index (κ1) is 13.1. The molecule has 0 unspecified atom stereocenters. The Kier molecular flexibility index (Phi) is 3.11. The van der Waals surface area contributed by atoms with Gasteiger partial charge in [0.2, 0.25) is 0 Å². The van der Waals surface area contributed by atoms with Gasteiger partial charge in [-0.15, -0.1) is 0 Å². The highest BCUT2D eigenvalue weighted by Gasteiger charge is 2.32. The van der Waals surface area contributed by atoms with E-state index in [9.17, 15) is 0 Å². The molecule has 0 amide bonds. The van der Waals surface area contributed by atoms with Crippen LogP contribution in [0.4, 0.5) is 0 Å². The molecule has 4 rings (SSSR count). The second kappa shape index (κ2) is 4.99. The molecule has 3 heteroatoms. The summed E-state index contributed by atoms with van der Waals surface area (Å²) in [6, 6.07) is 8.85. The molecule has 0 radical (unpaired) electrons. The topological polar surface area (TPSA) is 29.9 Å². The molecule has 2 aromatic rings. The number of nitrogens with one attached hydrogen (secondary N) is 1. The van der Waals surface area contributed by atoms with E-state index in [0.29, 0.717) is 11.8 Å². The first-order chi connectivity index (χ1) is 10.3. The van der Waals surface area contributed by atoms with Crippen LogP contribution in [0.3, 0.4) is 0 Å². The fourth-order valence-corrected chi connectivity index (χ4v) is 3.39. The van der Waals surface area contributed by atoms with Crippen molar-refractivity contribution in [1.29, 1.82) is 0 Å². The molecule has 2 heterocycles. The van der Waals surface area contributed by atoms with Gasteiger partial charge in [-0.25, -0.2) is 4.98 Å². The summed E-state index contributed by atoms with van der Waals surface area (Å²) in [6.07, 6.45) is 3.68. The maximum absolute atomic E-state index is 4.99. The number of aromatic nitrogens is 2. The number of benzene rings is 1. The van der Waals surface area contributed by atoms with Crippen molar-refractivity contribution in [1.82, 2.24) is 14.9 Å². The minimum atomic E-state index is 0.535. The molecule has 1 aromatic heterocycles. The summed E-state index contributed by atoms with van der Waals surface area (Å²) in [5.74, 6) is 2.51. The van der Waals surface area contributed by atoms with Gasteiger partial charge in [-0.2, -0.15) is 0 Å². The third kappa shape index (κ3) is 2.20. The van der Waals surface area contributed by atoms with Gasteiger partial charge in [0.15, 0.2) is 0 Å². The zero-order chi connectivity index (χ0) is 14.4. The molecule has 0 bridgehead atoms. The lowest BCUT2D eigenvalue weighted by Crippen LogP contribution is -2.25. The van der Waals surface area contributed by atoms with Crippen molar-refractivity contribution in [2.75, 3.05) is 6.54 Å². The number of nitrogens with zero attached hydrogens (tertiary/aromatic N) is 2. The van der Waals surface area contributed by atoms with Gasteiger partial charge >= 0.3 is 0 Å². The molecule has 2 aliphatic rings. The Morgan fingerprint density at radius 3 is 2.81 bits per heavy atom. The maximum Gasteiger partial charge on any atom is 0.116 e. The van der Waals surface area contributed by atoms with Gasteiger partial charge in [-0.3, -0.25) is 4.57 Å². The highest BCUT2D eigenvalue weighted by atomic mass is 15.1. The standard InChI is InChI=1S/C18H23N3/c1-12(2)14-5-3-4-6-16(14)21-17-9-10-19-11-15(17)20-18(21)13-7-8-13/h3-6,12-13,19H,7-11H2,1-2H3. The average Bonchev–Trinajstić information content (AvgIpc) is 3.27. The van der Waals surface area contributed by atoms with Crippen LogP contribution in [0.5, 0.6) is 0 Å². The monoisotopic (exact) mass is 281 g/mol. The number of hydrogen-bond donors (Lipinski definition) is 1. The molecule has 0 saturated heterocycles. The van der Waals surface area contributed by atoms with Gasteiger partial charge in [0, 0.05) is 31.1 Å². The van der Waals surface area contributed by atoms with Crippen LogP contribution in [0.1, 0.15) is 61.3 Å². The molecule has 1 aliphatic carbocycles. The van der Waals surface area contributed by atoms with Gasteiger partial charge in [0.1, 0.15) is 5.82 Å². The van der Waals surface area contributed by atoms with Gasteiger partial charge in [0.05, 0.1) is 11.4 Å². The Hall–Kier alpha value is -1.61. The van der Waals surface area contributed by atoms with E-state index in [4.69, 9.17) is 4.98 Å². The molecule has 0 spiro atoms. The lowest BCUT2D eigenvalue weighted by atomic mass is 10.0. The molecule has 21 heavy (non-hydrogen) atoms. The second-order valence-corrected chi connectivity index (χ2v) is 6.61. The largest absolute Gasteiger partial charge is 0.311 e. The summed E-state index contributed by atoms with van der Waals surface area (Å²) < 4.78 is 2.49. The third-order valence-corrected chi connectivity index (χ3v) is 4.65. The fourth-order valence-electron chi connectivity index (χ4n) is 3.39. The van der Waals surface area contributed by atoms with Crippen LogP contribution in [0.25, 0.3) is 5.69 Å². The van der Waals surface area contributed by atoms with Crippen molar-refractivity contribution in [3.8, 4) is 5.69 Å². The van der Waals surface area contributed by atoms with Crippen LogP contribution in [-0.4, -0.2) is 16.1 Å². The number of hydrogen-bond acceptors (Lipinski definition) is 2. The van der Waals surface area contributed by atoms with E-state index >= 15 is 0 Å². The highest BCUT2D eigenvalue weighted by molar-refractivity contribution is 5.47. The van der Waals surface area contributed by atoms with Crippen molar-refractivity contribution in [2.24, 2.45) is 0 Å². The fraction of sp³-hybridized carbons (Fsp3) is 0.500. The van der Waals surface area contributed by atoms with E-state index in [1.165, 1.54) is 41.3 Å². The number of imidazole rings is 1. The predicted octanol–water partition coefficient (Wildman–Crippen LogP) is 3.52. The first-order valence-corrected chi connectivity index (χ1v) is 8.16. The molecule has 1 fully saturated rings. The number of rotatable bonds is 3. The van der Waals surface area contributed by atoms with E-state index in [-0.39, 0.29) is 0 Å². The van der Waals surface area contributed by atoms with Gasteiger partial charge in [-0.1, -0.05) is 32.0 Å². The van der Waals surface area contributed by atoms with Crippen LogP contribution < -0.4 is 5.32 Å². The Morgan fingerprint density at radius 2 is 2.05 bits per heavy atom. The number of para-hydroxylation sites is 1. The quantitative estimate of drug-likeness (QED) is 0.933. The SMILES string of the molecule is CC(C)c1ccccc1-n1c(C2CC2)nc2c1CCNC2. The summed E-state index contributed by atoms with van der Waals surface area (Å²) in [7, 11) is 0. The summed E-state index contributed by atoms with van der Waals surface area (Å²) in [4.78, 5) is 4.99. The molecular formula is C18H23N3. The molecule has 0 atom stereocenters. The Bertz CT molecular complexity index is 665. The predicted molar refractivity (Wildman–Crippen MR) is 85.0 cm³/mol. The van der Waals surface area contributed by atoms with E-state index < -0.39 is 0 Å². The van der Waals surface area contributed by atoms with Gasteiger partial charge < -0.3 is 5.32 Å². The summed E-state index contributed by atoms with van der Waals surface area (Å²) in [5.41, 5.74) is 5.48. The molecular weight excluding hydrogens is 258 g/mol. The van der Waals surface area contributed by atoms with Crippen molar-refractivity contribution < 1.29 is 0 Å². The minimum absolute atomic E-state index is 0.535. The zero-order valence-corrected chi connectivity index (χ0v) is 12.9. The smallest absolute Gasteiger partial charge is 0.116 e. The van der Waals surface area contributed by atoms with Gasteiger partial charge in [0.25, 0.3) is 0 Å².